The number of nitrogens with zero attached hydrogens (tertiary/aromatic N) is 5. The van der Waals surface area contributed by atoms with Gasteiger partial charge in [0.2, 0.25) is 5.16 Å². The van der Waals surface area contributed by atoms with Gasteiger partial charge < -0.3 is 4.42 Å². The van der Waals surface area contributed by atoms with Crippen molar-refractivity contribution in [3.8, 4) is 0 Å². The highest BCUT2D eigenvalue weighted by Gasteiger charge is 2.40. The van der Waals surface area contributed by atoms with Gasteiger partial charge in [0.15, 0.2) is 11.2 Å². The van der Waals surface area contributed by atoms with E-state index in [2.05, 4.69) is 10.2 Å². The second-order valence-electron chi connectivity index (χ2n) is 4.17. The van der Waals surface area contributed by atoms with Crippen LogP contribution in [0.3, 0.4) is 0 Å². The number of aromatic nitrogens is 3. The van der Waals surface area contributed by atoms with Gasteiger partial charge in [-0.2, -0.15) is 0 Å². The smallest absolute Gasteiger partial charge is 0.403 e. The van der Waals surface area contributed by atoms with E-state index >= 15 is 0 Å². The Kier molecular flexibility index (Phi) is 2.39. The van der Waals surface area contributed by atoms with Crippen molar-refractivity contribution >= 4 is 29.4 Å². The number of hydrogen-bond donors (Lipinski definition) is 0. The van der Waals surface area contributed by atoms with Crippen molar-refractivity contribution in [3.05, 3.63) is 44.3 Å². The molecule has 0 aromatic carbocycles. The Morgan fingerprint density at radius 2 is 2.30 bits per heavy atom. The molecule has 4 heterocycles. The third-order valence-corrected chi connectivity index (χ3v) is 5.11. The van der Waals surface area contributed by atoms with E-state index < -0.39 is 4.92 Å². The molecule has 2 aliphatic rings. The predicted molar refractivity (Wildman–Crippen MR) is 72.6 cm³/mol. The summed E-state index contributed by atoms with van der Waals surface area (Å²) in [5.41, 5.74) is 0. The molecule has 2 aromatic rings. The summed E-state index contributed by atoms with van der Waals surface area (Å²) in [6, 6.07) is 3.01. The number of rotatable bonds is 2. The van der Waals surface area contributed by atoms with E-state index in [0.717, 1.165) is 16.0 Å². The highest BCUT2D eigenvalue weighted by Crippen LogP contribution is 2.51. The molecule has 102 valence electrons. The Morgan fingerprint density at radius 1 is 1.45 bits per heavy atom. The summed E-state index contributed by atoms with van der Waals surface area (Å²) in [7, 11) is 0. The molecule has 1 unspecified atom stereocenters. The third kappa shape index (κ3) is 1.51. The Morgan fingerprint density at radius 3 is 3.05 bits per heavy atom. The van der Waals surface area contributed by atoms with Crippen LogP contribution in [-0.4, -0.2) is 19.8 Å². The molecule has 0 radical (unpaired) electrons. The molecular formula is C10H7N5O3S2. The van der Waals surface area contributed by atoms with Crippen LogP contribution >= 0.6 is 23.5 Å². The number of thioether (sulfide) groups is 2. The summed E-state index contributed by atoms with van der Waals surface area (Å²) in [5.74, 6) is 1.06. The molecule has 0 saturated carbocycles. The van der Waals surface area contributed by atoms with Gasteiger partial charge in [-0.05, 0) is 24.8 Å². The van der Waals surface area contributed by atoms with Crippen LogP contribution in [0.25, 0.3) is 0 Å². The third-order valence-electron chi connectivity index (χ3n) is 2.96. The van der Waals surface area contributed by atoms with Gasteiger partial charge >= 0.3 is 5.88 Å². The standard InChI is InChI=1S/C10H7N5O3S2/c1-5-11-12-10-13(5)14-8(20-10)4-19-9(14)6-2-3-7(18-6)15(16)17/h2-4,9H,1H3. The van der Waals surface area contributed by atoms with Gasteiger partial charge in [0.05, 0.1) is 6.07 Å². The first-order valence-corrected chi connectivity index (χ1v) is 7.40. The minimum Gasteiger partial charge on any atom is -0.403 e. The van der Waals surface area contributed by atoms with E-state index in [-0.39, 0.29) is 11.3 Å². The number of furan rings is 1. The minimum atomic E-state index is -0.536. The fraction of sp³-hybridized carbons (Fsp3) is 0.200. The molecular weight excluding hydrogens is 302 g/mol. The average molecular weight is 309 g/mol. The molecule has 0 saturated heterocycles. The molecule has 1 atom stereocenters. The lowest BCUT2D eigenvalue weighted by molar-refractivity contribution is -0.402. The van der Waals surface area contributed by atoms with Gasteiger partial charge in [0, 0.05) is 5.41 Å². The van der Waals surface area contributed by atoms with E-state index in [1.54, 1.807) is 6.07 Å². The first kappa shape index (κ1) is 11.9. The van der Waals surface area contributed by atoms with E-state index in [1.807, 2.05) is 22.0 Å². The van der Waals surface area contributed by atoms with Crippen molar-refractivity contribution in [2.24, 2.45) is 0 Å². The molecule has 4 rings (SSSR count). The van der Waals surface area contributed by atoms with Crippen LogP contribution in [0.2, 0.25) is 0 Å². The van der Waals surface area contributed by atoms with Crippen LogP contribution in [0.4, 0.5) is 5.88 Å². The summed E-state index contributed by atoms with van der Waals surface area (Å²) in [5, 5.41) is 24.5. The van der Waals surface area contributed by atoms with Crippen LogP contribution in [0, 0.1) is 17.0 Å². The summed E-state index contributed by atoms with van der Waals surface area (Å²) in [4.78, 5) is 10.2. The average Bonchev–Trinajstić information content (AvgIpc) is 3.11. The minimum absolute atomic E-state index is 0.179. The Balaban J connectivity index is 1.74. The number of fused-ring (bicyclic) bond motifs is 3. The van der Waals surface area contributed by atoms with Crippen molar-refractivity contribution in [1.29, 1.82) is 0 Å². The van der Waals surface area contributed by atoms with E-state index in [1.165, 1.54) is 29.6 Å². The second-order valence-corrected chi connectivity index (χ2v) is 6.11. The van der Waals surface area contributed by atoms with E-state index in [4.69, 9.17) is 4.42 Å². The SMILES string of the molecule is Cc1nnc2n1N1C(=CSC1c1ccc([N+](=O)[O-])o1)S2. The molecule has 0 amide bonds. The summed E-state index contributed by atoms with van der Waals surface area (Å²) in [6.07, 6.45) is 0. The maximum atomic E-state index is 10.7. The zero-order valence-electron chi connectivity index (χ0n) is 10.1. The maximum absolute atomic E-state index is 10.7. The molecule has 0 bridgehead atoms. The van der Waals surface area contributed by atoms with Crippen LogP contribution in [0.15, 0.2) is 32.1 Å². The molecule has 0 fully saturated rings. The first-order valence-electron chi connectivity index (χ1n) is 5.64. The predicted octanol–water partition coefficient (Wildman–Crippen LogP) is 2.38. The lowest BCUT2D eigenvalue weighted by atomic mass is 10.4. The lowest BCUT2D eigenvalue weighted by Crippen LogP contribution is -2.29. The van der Waals surface area contributed by atoms with Gasteiger partial charge in [0.25, 0.3) is 0 Å². The van der Waals surface area contributed by atoms with Crippen LogP contribution < -0.4 is 5.01 Å². The van der Waals surface area contributed by atoms with Crippen LogP contribution in [0.5, 0.6) is 0 Å². The molecule has 8 nitrogen and oxygen atoms in total. The molecule has 0 N–H and O–H groups in total. The molecule has 2 aliphatic heterocycles. The Labute approximate surface area is 120 Å². The van der Waals surface area contributed by atoms with Crippen molar-refractivity contribution in [2.75, 3.05) is 5.01 Å². The second kappa shape index (κ2) is 4.03. The lowest BCUT2D eigenvalue weighted by Gasteiger charge is -2.23. The summed E-state index contributed by atoms with van der Waals surface area (Å²) >= 11 is 3.06. The number of aryl methyl sites for hydroxylation is 1. The highest BCUT2D eigenvalue weighted by atomic mass is 32.2. The van der Waals surface area contributed by atoms with Gasteiger partial charge in [-0.3, -0.25) is 10.1 Å². The number of nitro groups is 1. The van der Waals surface area contributed by atoms with Crippen molar-refractivity contribution in [1.82, 2.24) is 14.9 Å². The zero-order chi connectivity index (χ0) is 13.9. The highest BCUT2D eigenvalue weighted by molar-refractivity contribution is 8.07. The Hall–Kier alpha value is -1.94. The quantitative estimate of drug-likeness (QED) is 0.617. The number of hydrogen-bond acceptors (Lipinski definition) is 8. The van der Waals surface area contributed by atoms with Crippen molar-refractivity contribution < 1.29 is 9.34 Å². The molecule has 0 spiro atoms. The van der Waals surface area contributed by atoms with Crippen LogP contribution in [-0.2, 0) is 0 Å². The van der Waals surface area contributed by atoms with Gasteiger partial charge in [-0.25, -0.2) is 9.69 Å². The monoisotopic (exact) mass is 309 g/mol. The van der Waals surface area contributed by atoms with Gasteiger partial charge in [0.1, 0.15) is 15.7 Å². The fourth-order valence-electron chi connectivity index (χ4n) is 2.13. The van der Waals surface area contributed by atoms with Crippen molar-refractivity contribution in [3.63, 3.8) is 0 Å². The molecule has 10 heteroatoms. The topological polar surface area (TPSA) is 90.2 Å². The molecule has 20 heavy (non-hydrogen) atoms. The Bertz CT molecular complexity index is 752. The fourth-order valence-corrected chi connectivity index (χ4v) is 4.35. The largest absolute Gasteiger partial charge is 0.433 e. The molecule has 2 aromatic heterocycles. The molecule has 0 aliphatic carbocycles. The normalized spacial score (nSPS) is 19.9. The van der Waals surface area contributed by atoms with E-state index in [9.17, 15) is 10.1 Å². The zero-order valence-corrected chi connectivity index (χ0v) is 11.7. The van der Waals surface area contributed by atoms with Gasteiger partial charge in [-0.1, -0.05) is 11.8 Å². The van der Waals surface area contributed by atoms with Crippen LogP contribution in [0.1, 0.15) is 17.0 Å². The van der Waals surface area contributed by atoms with E-state index in [0.29, 0.717) is 5.76 Å². The summed E-state index contributed by atoms with van der Waals surface area (Å²) in [6.45, 7) is 1.87. The van der Waals surface area contributed by atoms with Crippen molar-refractivity contribution in [2.45, 2.75) is 17.5 Å². The summed E-state index contributed by atoms with van der Waals surface area (Å²) < 4.78 is 7.21. The first-order chi connectivity index (χ1) is 9.65. The van der Waals surface area contributed by atoms with Gasteiger partial charge in [-0.15, -0.1) is 10.2 Å². The maximum Gasteiger partial charge on any atom is 0.433 e.